The van der Waals surface area contributed by atoms with Crippen LogP contribution in [-0.2, 0) is 4.74 Å². The van der Waals surface area contributed by atoms with Crippen LogP contribution in [0.5, 0.6) is 0 Å². The van der Waals surface area contributed by atoms with Crippen molar-refractivity contribution >= 4 is 0 Å². The fourth-order valence-electron chi connectivity index (χ4n) is 2.18. The Kier molecular flexibility index (Phi) is 2.54. The Labute approximate surface area is 80.5 Å². The van der Waals surface area contributed by atoms with E-state index in [9.17, 15) is 0 Å². The molecule has 0 bridgehead atoms. The number of rotatable bonds is 0. The van der Waals surface area contributed by atoms with E-state index >= 15 is 0 Å². The standard InChI is InChI=1S/C12H18O/c1-9-3-6-11-7-5-10(2)13-12(11)8-4-9/h3-4,6,10-12H,5,7-8H2,1-2H3. The molecule has 0 saturated carbocycles. The van der Waals surface area contributed by atoms with Gasteiger partial charge in [-0.1, -0.05) is 23.8 Å². The van der Waals surface area contributed by atoms with Crippen molar-refractivity contribution in [3.63, 3.8) is 0 Å². The van der Waals surface area contributed by atoms with Gasteiger partial charge in [-0.2, -0.15) is 0 Å². The normalized spacial score (nSPS) is 39.2. The summed E-state index contributed by atoms with van der Waals surface area (Å²) in [4.78, 5) is 0. The summed E-state index contributed by atoms with van der Waals surface area (Å²) in [6.45, 7) is 4.35. The molecule has 2 aliphatic rings. The highest BCUT2D eigenvalue weighted by atomic mass is 16.5. The summed E-state index contributed by atoms with van der Waals surface area (Å²) in [5.41, 5.74) is 1.38. The zero-order valence-corrected chi connectivity index (χ0v) is 8.49. The second-order valence-electron chi connectivity index (χ2n) is 4.27. The van der Waals surface area contributed by atoms with Gasteiger partial charge in [0.25, 0.3) is 0 Å². The smallest absolute Gasteiger partial charge is 0.0675 e. The van der Waals surface area contributed by atoms with E-state index in [0.29, 0.717) is 18.1 Å². The molecule has 1 aliphatic carbocycles. The molecule has 1 aliphatic heterocycles. The van der Waals surface area contributed by atoms with E-state index in [-0.39, 0.29) is 0 Å². The van der Waals surface area contributed by atoms with E-state index in [1.54, 1.807) is 0 Å². The lowest BCUT2D eigenvalue weighted by Crippen LogP contribution is -2.32. The zero-order valence-electron chi connectivity index (χ0n) is 8.49. The quantitative estimate of drug-likeness (QED) is 0.554. The molecule has 0 spiro atoms. The predicted molar refractivity (Wildman–Crippen MR) is 54.6 cm³/mol. The van der Waals surface area contributed by atoms with E-state index < -0.39 is 0 Å². The van der Waals surface area contributed by atoms with Gasteiger partial charge in [0.15, 0.2) is 0 Å². The first-order valence-electron chi connectivity index (χ1n) is 5.26. The Morgan fingerprint density at radius 3 is 3.08 bits per heavy atom. The van der Waals surface area contributed by atoms with Gasteiger partial charge >= 0.3 is 0 Å². The molecule has 1 fully saturated rings. The minimum atomic E-state index is 0.442. The SMILES string of the molecule is CC1=CCC2OC(C)CCC2C=C1. The molecule has 72 valence electrons. The summed E-state index contributed by atoms with van der Waals surface area (Å²) in [6.07, 6.45) is 11.4. The van der Waals surface area contributed by atoms with Crippen LogP contribution in [0, 0.1) is 5.92 Å². The maximum Gasteiger partial charge on any atom is 0.0675 e. The van der Waals surface area contributed by atoms with Crippen molar-refractivity contribution in [2.45, 2.75) is 45.3 Å². The Hall–Kier alpha value is -0.560. The summed E-state index contributed by atoms with van der Waals surface area (Å²) >= 11 is 0. The van der Waals surface area contributed by atoms with E-state index in [0.717, 1.165) is 6.42 Å². The first kappa shape index (κ1) is 9.01. The molecule has 3 unspecified atom stereocenters. The van der Waals surface area contributed by atoms with Crippen LogP contribution in [-0.4, -0.2) is 12.2 Å². The van der Waals surface area contributed by atoms with E-state index in [2.05, 4.69) is 32.1 Å². The van der Waals surface area contributed by atoms with Crippen molar-refractivity contribution in [1.82, 2.24) is 0 Å². The number of allylic oxidation sites excluding steroid dienone is 2. The third-order valence-electron chi connectivity index (χ3n) is 3.07. The van der Waals surface area contributed by atoms with Crippen LogP contribution in [0.15, 0.2) is 23.8 Å². The van der Waals surface area contributed by atoms with Crippen molar-refractivity contribution < 1.29 is 4.74 Å². The van der Waals surface area contributed by atoms with Gasteiger partial charge in [0, 0.05) is 5.92 Å². The molecule has 0 aromatic carbocycles. The monoisotopic (exact) mass is 178 g/mol. The second kappa shape index (κ2) is 3.67. The van der Waals surface area contributed by atoms with Gasteiger partial charge in [-0.25, -0.2) is 0 Å². The Balaban J connectivity index is 2.09. The van der Waals surface area contributed by atoms with Gasteiger partial charge in [-0.05, 0) is 33.1 Å². The molecule has 1 heteroatoms. The molecule has 1 nitrogen and oxygen atoms in total. The lowest BCUT2D eigenvalue weighted by molar-refractivity contribution is -0.0596. The topological polar surface area (TPSA) is 9.23 Å². The average Bonchev–Trinajstić information content (AvgIpc) is 2.29. The van der Waals surface area contributed by atoms with Gasteiger partial charge in [0.05, 0.1) is 12.2 Å². The Morgan fingerprint density at radius 1 is 1.38 bits per heavy atom. The van der Waals surface area contributed by atoms with Crippen LogP contribution in [0.25, 0.3) is 0 Å². The third kappa shape index (κ3) is 2.02. The minimum absolute atomic E-state index is 0.442. The molecule has 13 heavy (non-hydrogen) atoms. The van der Waals surface area contributed by atoms with Crippen LogP contribution < -0.4 is 0 Å². The molecule has 0 aromatic rings. The number of ether oxygens (including phenoxy) is 1. The van der Waals surface area contributed by atoms with Crippen LogP contribution in [0.1, 0.15) is 33.1 Å². The minimum Gasteiger partial charge on any atom is -0.374 e. The summed E-state index contributed by atoms with van der Waals surface area (Å²) < 4.78 is 5.92. The van der Waals surface area contributed by atoms with Gasteiger partial charge in [0.1, 0.15) is 0 Å². The highest BCUT2D eigenvalue weighted by Gasteiger charge is 2.27. The first-order chi connectivity index (χ1) is 6.25. The van der Waals surface area contributed by atoms with E-state index in [4.69, 9.17) is 4.74 Å². The number of hydrogen-bond acceptors (Lipinski definition) is 1. The Bertz CT molecular complexity index is 240. The molecule has 2 rings (SSSR count). The van der Waals surface area contributed by atoms with Crippen LogP contribution >= 0.6 is 0 Å². The summed E-state index contributed by atoms with van der Waals surface area (Å²) in [5, 5.41) is 0. The molecule has 0 amide bonds. The number of hydrogen-bond donors (Lipinski definition) is 0. The zero-order chi connectivity index (χ0) is 9.26. The largest absolute Gasteiger partial charge is 0.374 e. The second-order valence-corrected chi connectivity index (χ2v) is 4.27. The van der Waals surface area contributed by atoms with Crippen LogP contribution in [0.4, 0.5) is 0 Å². The maximum atomic E-state index is 5.92. The number of fused-ring (bicyclic) bond motifs is 1. The van der Waals surface area contributed by atoms with Gasteiger partial charge in [-0.3, -0.25) is 0 Å². The molecular formula is C12H18O. The summed E-state index contributed by atoms with van der Waals surface area (Å²) in [5.74, 6) is 0.657. The van der Waals surface area contributed by atoms with E-state index in [1.165, 1.54) is 18.4 Å². The van der Waals surface area contributed by atoms with E-state index in [1.807, 2.05) is 0 Å². The average molecular weight is 178 g/mol. The molecule has 3 atom stereocenters. The molecule has 1 heterocycles. The first-order valence-corrected chi connectivity index (χ1v) is 5.26. The van der Waals surface area contributed by atoms with Gasteiger partial charge < -0.3 is 4.74 Å². The summed E-state index contributed by atoms with van der Waals surface area (Å²) in [7, 11) is 0. The van der Waals surface area contributed by atoms with Crippen molar-refractivity contribution in [1.29, 1.82) is 0 Å². The molecule has 0 radical (unpaired) electrons. The molecule has 1 saturated heterocycles. The summed E-state index contributed by atoms with van der Waals surface area (Å²) in [6, 6.07) is 0. The fraction of sp³-hybridized carbons (Fsp3) is 0.667. The maximum absolute atomic E-state index is 5.92. The molecule has 0 aromatic heterocycles. The Morgan fingerprint density at radius 2 is 2.23 bits per heavy atom. The highest BCUT2D eigenvalue weighted by molar-refractivity contribution is 5.20. The van der Waals surface area contributed by atoms with Crippen molar-refractivity contribution in [3.05, 3.63) is 23.8 Å². The predicted octanol–water partition coefficient (Wildman–Crippen LogP) is 3.08. The van der Waals surface area contributed by atoms with Gasteiger partial charge in [-0.15, -0.1) is 0 Å². The van der Waals surface area contributed by atoms with Crippen molar-refractivity contribution in [2.24, 2.45) is 5.92 Å². The van der Waals surface area contributed by atoms with Gasteiger partial charge in [0.2, 0.25) is 0 Å². The van der Waals surface area contributed by atoms with Crippen molar-refractivity contribution in [2.75, 3.05) is 0 Å². The highest BCUT2D eigenvalue weighted by Crippen LogP contribution is 2.30. The third-order valence-corrected chi connectivity index (χ3v) is 3.07. The lowest BCUT2D eigenvalue weighted by atomic mass is 9.91. The molecular weight excluding hydrogens is 160 g/mol. The van der Waals surface area contributed by atoms with Crippen LogP contribution in [0.3, 0.4) is 0 Å². The lowest BCUT2D eigenvalue weighted by Gasteiger charge is -2.32. The fourth-order valence-corrected chi connectivity index (χ4v) is 2.18. The van der Waals surface area contributed by atoms with Crippen molar-refractivity contribution in [3.8, 4) is 0 Å². The van der Waals surface area contributed by atoms with Crippen LogP contribution in [0.2, 0.25) is 0 Å². The molecule has 0 N–H and O–H groups in total.